The Morgan fingerprint density at radius 2 is 2.24 bits per heavy atom. The second-order valence-electron chi connectivity index (χ2n) is 6.38. The molecule has 2 N–H and O–H groups in total. The molecule has 25 heavy (non-hydrogen) atoms. The summed E-state index contributed by atoms with van der Waals surface area (Å²) in [5, 5.41) is 14.4. The van der Waals surface area contributed by atoms with Crippen LogP contribution in [0.3, 0.4) is 0 Å². The number of nitrogens with zero attached hydrogens (tertiary/aromatic N) is 6. The Balaban J connectivity index is 1.44. The number of hydrogen-bond donors (Lipinski definition) is 2. The van der Waals surface area contributed by atoms with Crippen molar-refractivity contribution in [3.63, 3.8) is 0 Å². The third-order valence-electron chi connectivity index (χ3n) is 4.59. The summed E-state index contributed by atoms with van der Waals surface area (Å²) in [5.74, 6) is 1.03. The van der Waals surface area contributed by atoms with Gasteiger partial charge in [0.25, 0.3) is 11.7 Å². The molecule has 0 aromatic carbocycles. The highest BCUT2D eigenvalue weighted by atomic mass is 16.5. The van der Waals surface area contributed by atoms with Crippen LogP contribution < -0.4 is 10.2 Å². The van der Waals surface area contributed by atoms with E-state index in [0.717, 1.165) is 43.4 Å². The molecule has 128 valence electrons. The van der Waals surface area contributed by atoms with Gasteiger partial charge in [-0.1, -0.05) is 5.16 Å². The van der Waals surface area contributed by atoms with Crippen molar-refractivity contribution in [1.82, 2.24) is 35.6 Å². The number of anilines is 1. The van der Waals surface area contributed by atoms with Gasteiger partial charge in [-0.2, -0.15) is 10.1 Å². The van der Waals surface area contributed by atoms with E-state index in [1.54, 1.807) is 6.20 Å². The van der Waals surface area contributed by atoms with Crippen molar-refractivity contribution in [2.45, 2.75) is 37.8 Å². The molecule has 4 heterocycles. The minimum atomic E-state index is -0.277. The van der Waals surface area contributed by atoms with Gasteiger partial charge in [-0.15, -0.1) is 0 Å². The summed E-state index contributed by atoms with van der Waals surface area (Å²) in [6, 6.07) is 0.149. The van der Waals surface area contributed by atoms with Crippen molar-refractivity contribution in [3.05, 3.63) is 24.2 Å². The molecule has 2 aliphatic rings. The van der Waals surface area contributed by atoms with Crippen LogP contribution in [0.25, 0.3) is 11.0 Å². The first kappa shape index (κ1) is 14.3. The van der Waals surface area contributed by atoms with Crippen molar-refractivity contribution >= 4 is 22.8 Å². The van der Waals surface area contributed by atoms with Crippen molar-refractivity contribution in [2.24, 2.45) is 0 Å². The van der Waals surface area contributed by atoms with Crippen LogP contribution in [-0.2, 0) is 0 Å². The molecular weight excluding hydrogens is 324 g/mol. The predicted molar refractivity (Wildman–Crippen MR) is 85.8 cm³/mol. The average molecular weight is 340 g/mol. The lowest BCUT2D eigenvalue weighted by molar-refractivity contribution is 0.0937. The number of aromatic nitrogens is 6. The van der Waals surface area contributed by atoms with Gasteiger partial charge in [-0.05, 0) is 25.7 Å². The highest BCUT2D eigenvalue weighted by Crippen LogP contribution is 2.36. The fourth-order valence-electron chi connectivity index (χ4n) is 3.20. The van der Waals surface area contributed by atoms with Crippen molar-refractivity contribution < 1.29 is 9.32 Å². The van der Waals surface area contributed by atoms with Crippen molar-refractivity contribution in [1.29, 1.82) is 0 Å². The minimum Gasteiger partial charge on any atom is -0.346 e. The van der Waals surface area contributed by atoms with Crippen LogP contribution in [-0.4, -0.2) is 48.8 Å². The lowest BCUT2D eigenvalue weighted by Gasteiger charge is -2.23. The van der Waals surface area contributed by atoms with E-state index >= 15 is 0 Å². The van der Waals surface area contributed by atoms with Crippen LogP contribution in [0.5, 0.6) is 0 Å². The number of fused-ring (bicyclic) bond motifs is 1. The fraction of sp³-hybridized carbons (Fsp3) is 0.467. The first-order valence-electron chi connectivity index (χ1n) is 8.35. The lowest BCUT2D eigenvalue weighted by Crippen LogP contribution is -2.27. The molecule has 1 saturated carbocycles. The normalized spacial score (nSPS) is 20.3. The van der Waals surface area contributed by atoms with Crippen molar-refractivity contribution in [2.75, 3.05) is 11.4 Å². The molecule has 0 unspecified atom stereocenters. The first-order valence-corrected chi connectivity index (χ1v) is 8.35. The van der Waals surface area contributed by atoms with Crippen LogP contribution in [0, 0.1) is 0 Å². The van der Waals surface area contributed by atoms with Crippen molar-refractivity contribution in [3.8, 4) is 0 Å². The SMILES string of the molecule is O=C(NC1CC1)c1noc([C@H]2CCCN2c2ncnc3[nH]ncc23)n1. The van der Waals surface area contributed by atoms with E-state index in [0.29, 0.717) is 11.5 Å². The monoisotopic (exact) mass is 340 g/mol. The van der Waals surface area contributed by atoms with E-state index in [1.807, 2.05) is 0 Å². The van der Waals surface area contributed by atoms with Crippen LogP contribution in [0.1, 0.15) is 48.2 Å². The van der Waals surface area contributed by atoms with E-state index in [9.17, 15) is 4.79 Å². The highest BCUT2D eigenvalue weighted by Gasteiger charge is 2.34. The van der Waals surface area contributed by atoms with Gasteiger partial charge in [0.15, 0.2) is 5.65 Å². The quantitative estimate of drug-likeness (QED) is 0.719. The third kappa shape index (κ3) is 2.49. The molecule has 0 bridgehead atoms. The maximum atomic E-state index is 12.1. The van der Waals surface area contributed by atoms with Crippen LogP contribution in [0.15, 0.2) is 17.0 Å². The maximum Gasteiger partial charge on any atom is 0.292 e. The van der Waals surface area contributed by atoms with Gasteiger partial charge in [0, 0.05) is 12.6 Å². The van der Waals surface area contributed by atoms with E-state index in [-0.39, 0.29) is 23.8 Å². The first-order chi connectivity index (χ1) is 12.3. The average Bonchev–Trinajstić information content (AvgIpc) is 3.09. The number of carbonyl (C=O) groups is 1. The summed E-state index contributed by atoms with van der Waals surface area (Å²) in [7, 11) is 0. The largest absolute Gasteiger partial charge is 0.346 e. The van der Waals surface area contributed by atoms with E-state index in [1.165, 1.54) is 6.33 Å². The Morgan fingerprint density at radius 1 is 1.32 bits per heavy atom. The zero-order chi connectivity index (χ0) is 16.8. The number of aromatic amines is 1. The van der Waals surface area contributed by atoms with Gasteiger partial charge in [0.2, 0.25) is 5.89 Å². The minimum absolute atomic E-state index is 0.0879. The van der Waals surface area contributed by atoms with Gasteiger partial charge in [0.05, 0.1) is 11.6 Å². The summed E-state index contributed by atoms with van der Waals surface area (Å²) in [5.41, 5.74) is 0.686. The maximum absolute atomic E-state index is 12.1. The second kappa shape index (κ2) is 5.50. The number of H-pyrrole nitrogens is 1. The Kier molecular flexibility index (Phi) is 3.15. The Labute approximate surface area is 142 Å². The molecule has 0 spiro atoms. The summed E-state index contributed by atoms with van der Waals surface area (Å²) in [6.07, 6.45) is 7.08. The summed E-state index contributed by atoms with van der Waals surface area (Å²) in [6.45, 7) is 0.813. The van der Waals surface area contributed by atoms with Gasteiger partial charge >= 0.3 is 0 Å². The standard InChI is InChI=1S/C15H16N8O2/c24-14(19-8-3-4-8)12-20-15(25-22-12)10-2-1-5-23(10)13-9-6-18-21-11(9)16-7-17-13/h6-8,10H,1-5H2,(H,19,24)(H,16,17,18,21)/t10-/m1/s1. The number of nitrogens with one attached hydrogen (secondary N) is 2. The molecule has 0 radical (unpaired) electrons. The molecule has 1 amide bonds. The molecule has 1 saturated heterocycles. The highest BCUT2D eigenvalue weighted by molar-refractivity contribution is 5.90. The fourth-order valence-corrected chi connectivity index (χ4v) is 3.20. The second-order valence-corrected chi connectivity index (χ2v) is 6.38. The number of rotatable bonds is 4. The topological polar surface area (TPSA) is 126 Å². The Bertz CT molecular complexity index is 930. The zero-order valence-corrected chi connectivity index (χ0v) is 13.3. The molecule has 3 aromatic heterocycles. The van der Waals surface area contributed by atoms with E-state index in [4.69, 9.17) is 4.52 Å². The molecular formula is C15H16N8O2. The third-order valence-corrected chi connectivity index (χ3v) is 4.59. The molecule has 5 rings (SSSR count). The number of hydrogen-bond acceptors (Lipinski definition) is 8. The molecule has 3 aromatic rings. The van der Waals surface area contributed by atoms with Gasteiger partial charge < -0.3 is 14.7 Å². The van der Waals surface area contributed by atoms with Gasteiger partial charge in [-0.25, -0.2) is 9.97 Å². The molecule has 1 atom stereocenters. The van der Waals surface area contributed by atoms with Gasteiger partial charge in [0.1, 0.15) is 18.2 Å². The smallest absolute Gasteiger partial charge is 0.292 e. The van der Waals surface area contributed by atoms with Crippen LogP contribution >= 0.6 is 0 Å². The predicted octanol–water partition coefficient (Wildman–Crippen LogP) is 0.970. The molecule has 1 aliphatic heterocycles. The molecule has 1 aliphatic carbocycles. The van der Waals surface area contributed by atoms with Crippen LogP contribution in [0.2, 0.25) is 0 Å². The molecule has 2 fully saturated rings. The zero-order valence-electron chi connectivity index (χ0n) is 13.3. The summed E-state index contributed by atoms with van der Waals surface area (Å²) < 4.78 is 5.39. The van der Waals surface area contributed by atoms with E-state index < -0.39 is 0 Å². The number of amides is 1. The summed E-state index contributed by atoms with van der Waals surface area (Å²) >= 11 is 0. The van der Waals surface area contributed by atoms with Gasteiger partial charge in [-0.3, -0.25) is 9.89 Å². The molecule has 10 nitrogen and oxygen atoms in total. The van der Waals surface area contributed by atoms with Crippen LogP contribution in [0.4, 0.5) is 5.82 Å². The Hall–Kier alpha value is -3.04. The van der Waals surface area contributed by atoms with E-state index in [2.05, 4.69) is 40.5 Å². The lowest BCUT2D eigenvalue weighted by atomic mass is 10.2. The summed E-state index contributed by atoms with van der Waals surface area (Å²) in [4.78, 5) is 27.1. The Morgan fingerprint density at radius 3 is 3.12 bits per heavy atom. The number of carbonyl (C=O) groups excluding carboxylic acids is 1. The molecule has 10 heteroatoms.